The van der Waals surface area contributed by atoms with Crippen LogP contribution in [-0.2, 0) is 16.2 Å². The number of aromatic nitrogens is 2. The van der Waals surface area contributed by atoms with Crippen LogP contribution in [0.1, 0.15) is 55.6 Å². The molecular formula is C28H30F5N5O2S. The van der Waals surface area contributed by atoms with E-state index in [4.69, 9.17) is 0 Å². The lowest BCUT2D eigenvalue weighted by molar-refractivity contribution is -0.137. The Labute approximate surface area is 235 Å². The first-order valence-corrected chi connectivity index (χ1v) is 14.8. The Hall–Kier alpha value is -3.32. The molecule has 5 rings (SSSR count). The van der Waals surface area contributed by atoms with Gasteiger partial charge in [-0.3, -0.25) is 9.62 Å². The summed E-state index contributed by atoms with van der Waals surface area (Å²) >= 11 is 0. The average molecular weight is 596 g/mol. The molecule has 2 fully saturated rings. The number of hydrogen-bond acceptors (Lipinski definition) is 6. The van der Waals surface area contributed by atoms with E-state index < -0.39 is 38.3 Å². The van der Waals surface area contributed by atoms with E-state index in [1.165, 1.54) is 24.4 Å². The lowest BCUT2D eigenvalue weighted by Crippen LogP contribution is -2.53. The minimum Gasteiger partial charge on any atom is -0.378 e. The highest BCUT2D eigenvalue weighted by molar-refractivity contribution is 7.92. The summed E-state index contributed by atoms with van der Waals surface area (Å²) in [7, 11) is -2.51. The molecule has 2 aliphatic carbocycles. The minimum atomic E-state index is -4.47. The molecule has 0 saturated heterocycles. The molecule has 0 aliphatic heterocycles. The molecule has 2 saturated carbocycles. The fraction of sp³-hybridized carbons (Fsp3) is 0.429. The Bertz CT molecular complexity index is 1480. The van der Waals surface area contributed by atoms with Crippen molar-refractivity contribution in [2.75, 3.05) is 17.1 Å². The van der Waals surface area contributed by atoms with Gasteiger partial charge >= 0.3 is 6.18 Å². The summed E-state index contributed by atoms with van der Waals surface area (Å²) in [6, 6.07) is 7.89. The van der Waals surface area contributed by atoms with E-state index in [9.17, 15) is 21.6 Å². The second-order valence-electron chi connectivity index (χ2n) is 10.7. The monoisotopic (exact) mass is 595 g/mol. The van der Waals surface area contributed by atoms with Crippen molar-refractivity contribution in [1.29, 1.82) is 0 Å². The molecule has 41 heavy (non-hydrogen) atoms. The molecule has 7 nitrogen and oxygen atoms in total. The first-order chi connectivity index (χ1) is 19.4. The molecule has 0 spiro atoms. The largest absolute Gasteiger partial charge is 0.416 e. The Balaban J connectivity index is 1.37. The number of likely N-dealkylation sites (N-methyl/N-ethyl adjacent to an activating group) is 1. The average Bonchev–Trinajstić information content (AvgIpc) is 2.89. The molecule has 0 unspecified atom stereocenters. The first kappa shape index (κ1) is 29.2. The number of anilines is 2. The lowest BCUT2D eigenvalue weighted by atomic mass is 9.76. The summed E-state index contributed by atoms with van der Waals surface area (Å²) in [5.74, 6) is -2.32. The zero-order valence-electron chi connectivity index (χ0n) is 22.2. The van der Waals surface area contributed by atoms with Crippen LogP contribution in [0.15, 0.2) is 59.9 Å². The summed E-state index contributed by atoms with van der Waals surface area (Å²) < 4.78 is 97.9. The predicted molar refractivity (Wildman–Crippen MR) is 144 cm³/mol. The van der Waals surface area contributed by atoms with Gasteiger partial charge in [0.25, 0.3) is 10.0 Å². The molecule has 0 radical (unpaired) electrons. The zero-order chi connectivity index (χ0) is 29.4. The van der Waals surface area contributed by atoms with Crippen LogP contribution in [0.5, 0.6) is 0 Å². The summed E-state index contributed by atoms with van der Waals surface area (Å²) in [6.45, 7) is 0. The van der Waals surface area contributed by atoms with Gasteiger partial charge in [-0.2, -0.15) is 13.2 Å². The van der Waals surface area contributed by atoms with Crippen molar-refractivity contribution in [2.45, 2.75) is 73.6 Å². The summed E-state index contributed by atoms with van der Waals surface area (Å²) in [4.78, 5) is 8.75. The van der Waals surface area contributed by atoms with Gasteiger partial charge in [0.05, 0.1) is 11.3 Å². The van der Waals surface area contributed by atoms with Gasteiger partial charge in [0.15, 0.2) is 0 Å². The Morgan fingerprint density at radius 2 is 1.78 bits per heavy atom. The fourth-order valence-corrected chi connectivity index (χ4v) is 6.77. The molecule has 1 aromatic heterocycles. The molecule has 220 valence electrons. The van der Waals surface area contributed by atoms with Crippen LogP contribution in [-0.4, -0.2) is 48.5 Å². The summed E-state index contributed by atoms with van der Waals surface area (Å²) in [6.07, 6.45) is 2.61. The topological polar surface area (TPSA) is 87.2 Å². The van der Waals surface area contributed by atoms with E-state index in [-0.39, 0.29) is 29.5 Å². The predicted octanol–water partition coefficient (Wildman–Crippen LogP) is 6.18. The van der Waals surface area contributed by atoms with Crippen molar-refractivity contribution < 1.29 is 30.4 Å². The maximum absolute atomic E-state index is 15.2. The van der Waals surface area contributed by atoms with Gasteiger partial charge < -0.3 is 5.32 Å². The molecule has 0 amide bonds. The molecule has 1 heterocycles. The number of halogens is 5. The molecule has 2 N–H and O–H groups in total. The summed E-state index contributed by atoms with van der Waals surface area (Å²) in [5, 5.41) is 3.09. The third-order valence-corrected chi connectivity index (χ3v) is 9.52. The number of alkyl halides is 3. The van der Waals surface area contributed by atoms with Gasteiger partial charge in [-0.1, -0.05) is 24.6 Å². The van der Waals surface area contributed by atoms with Gasteiger partial charge in [-0.15, -0.1) is 0 Å². The quantitative estimate of drug-likeness (QED) is 0.303. The standard InChI is InChI=1S/C28H30F5N5O2S/c1-38(20-6-3-7-20)25-13-18(17-4-2-5-19(12-17)28(31,32)33)8-9-23(25)36-24-14-22(30)26(15-21(24)29)41(39,40)37-27-10-11-34-16-35-27/h2,4-5,10-12,14-16,18,20,23,25,36H,3,6-9,13H2,1H3,(H,34,35,37)/t18-,23-,25-/m0/s1. The maximum atomic E-state index is 15.2. The van der Waals surface area contributed by atoms with Crippen LogP contribution < -0.4 is 10.0 Å². The molecule has 0 bridgehead atoms. The van der Waals surface area contributed by atoms with Gasteiger partial charge in [0.2, 0.25) is 0 Å². The van der Waals surface area contributed by atoms with Crippen LogP contribution in [0, 0.1) is 11.6 Å². The van der Waals surface area contributed by atoms with Crippen LogP contribution in [0.25, 0.3) is 0 Å². The minimum absolute atomic E-state index is 0.0959. The number of nitrogens with zero attached hydrogens (tertiary/aromatic N) is 3. The van der Waals surface area contributed by atoms with Crippen molar-refractivity contribution in [2.24, 2.45) is 0 Å². The molecule has 2 aliphatic rings. The van der Waals surface area contributed by atoms with E-state index in [0.29, 0.717) is 36.9 Å². The van der Waals surface area contributed by atoms with E-state index in [1.54, 1.807) is 6.07 Å². The smallest absolute Gasteiger partial charge is 0.378 e. The summed E-state index contributed by atoms with van der Waals surface area (Å²) in [5.41, 5.74) is -0.271. The highest BCUT2D eigenvalue weighted by atomic mass is 32.2. The fourth-order valence-electron chi connectivity index (χ4n) is 5.69. The van der Waals surface area contributed by atoms with Crippen molar-refractivity contribution in [3.8, 4) is 0 Å². The third kappa shape index (κ3) is 6.45. The Morgan fingerprint density at radius 3 is 2.44 bits per heavy atom. The van der Waals surface area contributed by atoms with Crippen molar-refractivity contribution in [1.82, 2.24) is 14.9 Å². The lowest BCUT2D eigenvalue weighted by Gasteiger charge is -2.47. The second kappa shape index (κ2) is 11.5. The number of hydrogen-bond donors (Lipinski definition) is 2. The van der Waals surface area contributed by atoms with Gasteiger partial charge in [0.1, 0.15) is 28.7 Å². The molecule has 3 atom stereocenters. The third-order valence-electron chi connectivity index (χ3n) is 8.15. The zero-order valence-corrected chi connectivity index (χ0v) is 23.0. The van der Waals surface area contributed by atoms with E-state index in [0.717, 1.165) is 37.7 Å². The van der Waals surface area contributed by atoms with Crippen LogP contribution in [0.3, 0.4) is 0 Å². The van der Waals surface area contributed by atoms with E-state index >= 15 is 8.78 Å². The molecule has 3 aromatic rings. The molecule has 2 aromatic carbocycles. The van der Waals surface area contributed by atoms with Gasteiger partial charge in [0, 0.05) is 30.4 Å². The highest BCUT2D eigenvalue weighted by Gasteiger charge is 2.39. The first-order valence-electron chi connectivity index (χ1n) is 13.4. The SMILES string of the molecule is CN(C1CCC1)[C@H]1C[C@@H](c2cccc(C(F)(F)F)c2)CC[C@@H]1Nc1cc(F)c(S(=O)(=O)Nc2ccncn2)cc1F. The molecular weight excluding hydrogens is 565 g/mol. The highest BCUT2D eigenvalue weighted by Crippen LogP contribution is 2.41. The number of sulfonamides is 1. The Morgan fingerprint density at radius 1 is 1.00 bits per heavy atom. The number of nitrogens with one attached hydrogen (secondary N) is 2. The van der Waals surface area contributed by atoms with E-state index in [1.807, 2.05) is 7.05 Å². The normalized spacial score (nSPS) is 21.9. The number of benzene rings is 2. The van der Waals surface area contributed by atoms with Crippen LogP contribution in [0.2, 0.25) is 0 Å². The van der Waals surface area contributed by atoms with Crippen molar-refractivity contribution in [3.05, 3.63) is 77.8 Å². The van der Waals surface area contributed by atoms with Gasteiger partial charge in [-0.25, -0.2) is 27.2 Å². The Kier molecular flexibility index (Phi) is 8.20. The van der Waals surface area contributed by atoms with Gasteiger partial charge in [-0.05, 0) is 68.8 Å². The van der Waals surface area contributed by atoms with Crippen molar-refractivity contribution in [3.63, 3.8) is 0 Å². The van der Waals surface area contributed by atoms with Crippen LogP contribution in [0.4, 0.5) is 33.5 Å². The van der Waals surface area contributed by atoms with E-state index in [2.05, 4.69) is 24.9 Å². The second-order valence-corrected chi connectivity index (χ2v) is 12.3. The molecule has 13 heteroatoms. The van der Waals surface area contributed by atoms with Crippen molar-refractivity contribution >= 4 is 21.5 Å². The maximum Gasteiger partial charge on any atom is 0.416 e. The number of rotatable bonds is 8. The van der Waals surface area contributed by atoms with Crippen LogP contribution >= 0.6 is 0 Å².